The van der Waals surface area contributed by atoms with Gasteiger partial charge in [0.1, 0.15) is 5.15 Å². The minimum atomic E-state index is -0.497. The van der Waals surface area contributed by atoms with Crippen LogP contribution in [0, 0.1) is 6.92 Å². The number of nitrogens with zero attached hydrogens (tertiary/aromatic N) is 2. The van der Waals surface area contributed by atoms with Crippen molar-refractivity contribution in [2.45, 2.75) is 26.8 Å². The molecule has 6 heteroatoms. The molecule has 0 aromatic carbocycles. The van der Waals surface area contributed by atoms with E-state index < -0.39 is 5.69 Å². The number of hydrogen-bond donors (Lipinski definition) is 1. The van der Waals surface area contributed by atoms with E-state index in [0.717, 1.165) is 15.7 Å². The summed E-state index contributed by atoms with van der Waals surface area (Å²) in [6, 6.07) is 1.79. The Balaban J connectivity index is 2.56. The Morgan fingerprint density at radius 3 is 2.79 bits per heavy atom. The zero-order chi connectivity index (χ0) is 14.0. The highest BCUT2D eigenvalue weighted by Crippen LogP contribution is 2.08. The number of H-pyrrole nitrogens is 1. The Morgan fingerprint density at radius 2 is 2.16 bits per heavy atom. The van der Waals surface area contributed by atoms with E-state index in [1.807, 2.05) is 13.8 Å². The average molecular weight is 280 g/mol. The molecule has 0 aliphatic carbocycles. The van der Waals surface area contributed by atoms with Gasteiger partial charge in [-0.3, -0.25) is 19.3 Å². The van der Waals surface area contributed by atoms with Gasteiger partial charge in [0.25, 0.3) is 5.56 Å². The van der Waals surface area contributed by atoms with Crippen molar-refractivity contribution in [2.24, 2.45) is 0 Å². The lowest BCUT2D eigenvalue weighted by atomic mass is 10.1. The molecular weight excluding hydrogens is 266 g/mol. The molecular formula is C13H14ClN3O2. The maximum absolute atomic E-state index is 12.2. The van der Waals surface area contributed by atoms with Gasteiger partial charge in [-0.05, 0) is 30.5 Å². The topological polar surface area (TPSA) is 67.8 Å². The summed E-state index contributed by atoms with van der Waals surface area (Å²) >= 11 is 5.86. The van der Waals surface area contributed by atoms with Crippen molar-refractivity contribution in [2.75, 3.05) is 0 Å². The second kappa shape index (κ2) is 5.40. The summed E-state index contributed by atoms with van der Waals surface area (Å²) in [5.74, 6) is 0. The zero-order valence-electron chi connectivity index (χ0n) is 10.7. The molecule has 0 saturated heterocycles. The molecule has 0 saturated carbocycles. The van der Waals surface area contributed by atoms with Crippen LogP contribution in [0.5, 0.6) is 0 Å². The van der Waals surface area contributed by atoms with Crippen LogP contribution in [-0.2, 0) is 13.0 Å². The van der Waals surface area contributed by atoms with Crippen LogP contribution in [0.3, 0.4) is 0 Å². The Labute approximate surface area is 114 Å². The molecule has 2 aromatic rings. The van der Waals surface area contributed by atoms with Crippen molar-refractivity contribution in [3.05, 3.63) is 61.1 Å². The van der Waals surface area contributed by atoms with Gasteiger partial charge in [0.2, 0.25) is 0 Å². The molecule has 19 heavy (non-hydrogen) atoms. The second-order valence-corrected chi connectivity index (χ2v) is 4.65. The fourth-order valence-corrected chi connectivity index (χ4v) is 2.18. The Hall–Kier alpha value is -1.88. The van der Waals surface area contributed by atoms with Crippen LogP contribution in [0.4, 0.5) is 0 Å². The highest BCUT2D eigenvalue weighted by Gasteiger charge is 2.12. The first-order chi connectivity index (χ1) is 9.04. The number of halogens is 1. The molecule has 100 valence electrons. The highest BCUT2D eigenvalue weighted by molar-refractivity contribution is 6.30. The smallest absolute Gasteiger partial charge is 0.297 e. The molecule has 0 atom stereocenters. The van der Waals surface area contributed by atoms with Crippen LogP contribution in [0.25, 0.3) is 0 Å². The van der Waals surface area contributed by atoms with Crippen molar-refractivity contribution < 1.29 is 0 Å². The molecule has 0 spiro atoms. The second-order valence-electron chi connectivity index (χ2n) is 4.27. The quantitative estimate of drug-likeness (QED) is 0.866. The third kappa shape index (κ3) is 2.61. The van der Waals surface area contributed by atoms with E-state index in [-0.39, 0.29) is 17.3 Å². The molecule has 0 aliphatic rings. The van der Waals surface area contributed by atoms with Gasteiger partial charge in [-0.1, -0.05) is 18.5 Å². The van der Waals surface area contributed by atoms with E-state index in [9.17, 15) is 9.59 Å². The molecule has 0 unspecified atom stereocenters. The molecule has 1 N–H and O–H groups in total. The minimum Gasteiger partial charge on any atom is -0.297 e. The molecule has 0 amide bonds. The van der Waals surface area contributed by atoms with Crippen molar-refractivity contribution in [3.63, 3.8) is 0 Å². The summed E-state index contributed by atoms with van der Waals surface area (Å²) in [4.78, 5) is 30.5. The zero-order valence-corrected chi connectivity index (χ0v) is 11.5. The predicted molar refractivity (Wildman–Crippen MR) is 73.8 cm³/mol. The molecule has 0 radical (unpaired) electrons. The molecule has 0 fully saturated rings. The van der Waals surface area contributed by atoms with Gasteiger partial charge in [0.05, 0.1) is 12.1 Å². The van der Waals surface area contributed by atoms with E-state index in [4.69, 9.17) is 11.6 Å². The van der Waals surface area contributed by atoms with Crippen LogP contribution in [0.15, 0.2) is 28.0 Å². The van der Waals surface area contributed by atoms with Crippen molar-refractivity contribution in [1.29, 1.82) is 0 Å². The van der Waals surface area contributed by atoms with Crippen LogP contribution < -0.4 is 11.2 Å². The number of aromatic nitrogens is 3. The Kier molecular flexibility index (Phi) is 3.85. The van der Waals surface area contributed by atoms with Crippen molar-refractivity contribution in [3.8, 4) is 0 Å². The molecule has 5 nitrogen and oxygen atoms in total. The Bertz CT molecular complexity index is 719. The number of pyridine rings is 1. The van der Waals surface area contributed by atoms with E-state index in [1.54, 1.807) is 18.5 Å². The summed E-state index contributed by atoms with van der Waals surface area (Å²) < 4.78 is 1.16. The maximum atomic E-state index is 12.2. The normalized spacial score (nSPS) is 10.7. The highest BCUT2D eigenvalue weighted by atomic mass is 35.5. The first-order valence-corrected chi connectivity index (χ1v) is 6.33. The van der Waals surface area contributed by atoms with Gasteiger partial charge in [-0.25, -0.2) is 4.79 Å². The largest absolute Gasteiger partial charge is 0.329 e. The number of rotatable bonds is 3. The fourth-order valence-electron chi connectivity index (χ4n) is 1.89. The third-order valence-electron chi connectivity index (χ3n) is 3.05. The predicted octanol–water partition coefficient (Wildman–Crippen LogP) is 1.50. The standard InChI is InChI=1S/C13H14ClN3O2/c1-3-10-11(14)16-13(19)17(12(10)18)7-9-4-5-15-6-8(9)2/h4-6H,3,7H2,1-2H3,(H,16,19). The van der Waals surface area contributed by atoms with E-state index in [1.165, 1.54) is 0 Å². The van der Waals surface area contributed by atoms with Gasteiger partial charge in [0.15, 0.2) is 0 Å². The van der Waals surface area contributed by atoms with Gasteiger partial charge >= 0.3 is 5.69 Å². The number of nitrogens with one attached hydrogen (secondary N) is 1. The number of aromatic amines is 1. The Morgan fingerprint density at radius 1 is 1.42 bits per heavy atom. The molecule has 2 rings (SSSR count). The SMILES string of the molecule is CCc1c(Cl)[nH]c(=O)n(Cc2ccncc2C)c1=O. The van der Waals surface area contributed by atoms with Gasteiger partial charge in [-0.2, -0.15) is 0 Å². The van der Waals surface area contributed by atoms with Crippen molar-refractivity contribution in [1.82, 2.24) is 14.5 Å². The fraction of sp³-hybridized carbons (Fsp3) is 0.308. The number of hydrogen-bond acceptors (Lipinski definition) is 3. The first-order valence-electron chi connectivity index (χ1n) is 5.95. The lowest BCUT2D eigenvalue weighted by molar-refractivity contribution is 0.683. The molecule has 0 aliphatic heterocycles. The van der Waals surface area contributed by atoms with Crippen molar-refractivity contribution >= 4 is 11.6 Å². The summed E-state index contributed by atoms with van der Waals surface area (Å²) in [6.07, 6.45) is 3.81. The van der Waals surface area contributed by atoms with E-state index >= 15 is 0 Å². The monoisotopic (exact) mass is 279 g/mol. The molecule has 2 heterocycles. The van der Waals surface area contributed by atoms with Gasteiger partial charge in [-0.15, -0.1) is 0 Å². The lowest BCUT2D eigenvalue weighted by Crippen LogP contribution is -2.37. The molecule has 0 bridgehead atoms. The summed E-state index contributed by atoms with van der Waals surface area (Å²) in [5.41, 5.74) is 1.40. The average Bonchev–Trinajstić information content (AvgIpc) is 2.36. The van der Waals surface area contributed by atoms with E-state index in [2.05, 4.69) is 9.97 Å². The third-order valence-corrected chi connectivity index (χ3v) is 3.37. The summed E-state index contributed by atoms with van der Waals surface area (Å²) in [7, 11) is 0. The summed E-state index contributed by atoms with van der Waals surface area (Å²) in [6.45, 7) is 3.92. The van der Waals surface area contributed by atoms with E-state index in [0.29, 0.717) is 12.0 Å². The maximum Gasteiger partial charge on any atom is 0.329 e. The minimum absolute atomic E-state index is 0.125. The van der Waals surface area contributed by atoms with Crippen LogP contribution in [0.1, 0.15) is 23.6 Å². The van der Waals surface area contributed by atoms with Crippen LogP contribution in [-0.4, -0.2) is 14.5 Å². The van der Waals surface area contributed by atoms with Crippen LogP contribution in [0.2, 0.25) is 5.15 Å². The summed E-state index contributed by atoms with van der Waals surface area (Å²) in [5, 5.41) is 0.125. The van der Waals surface area contributed by atoms with Gasteiger partial charge in [0, 0.05) is 12.4 Å². The lowest BCUT2D eigenvalue weighted by Gasteiger charge is -2.09. The number of aryl methyl sites for hydroxylation is 1. The van der Waals surface area contributed by atoms with Gasteiger partial charge < -0.3 is 0 Å². The first kappa shape index (κ1) is 13.5. The molecule has 2 aromatic heterocycles. The van der Waals surface area contributed by atoms with Crippen LogP contribution >= 0.6 is 11.6 Å².